The summed E-state index contributed by atoms with van der Waals surface area (Å²) in [6, 6.07) is 4.30. The lowest BCUT2D eigenvalue weighted by molar-refractivity contribution is -0.129. The van der Waals surface area contributed by atoms with Crippen molar-refractivity contribution < 1.29 is 9.53 Å². The fourth-order valence-corrected chi connectivity index (χ4v) is 4.04. The maximum atomic E-state index is 11.7. The minimum atomic E-state index is 0.138. The van der Waals surface area contributed by atoms with E-state index in [1.54, 1.807) is 6.92 Å². The van der Waals surface area contributed by atoms with Gasteiger partial charge < -0.3 is 9.64 Å². The largest absolute Gasteiger partial charge is 0.379 e. The average molecular weight is 294 g/mol. The third kappa shape index (κ3) is 3.05. The van der Waals surface area contributed by atoms with Gasteiger partial charge in [0.05, 0.1) is 13.2 Å². The minimum Gasteiger partial charge on any atom is -0.379 e. The number of carbonyl (C=O) groups is 1. The van der Waals surface area contributed by atoms with Gasteiger partial charge in [-0.15, -0.1) is 11.3 Å². The molecule has 1 atom stereocenters. The van der Waals surface area contributed by atoms with Crippen molar-refractivity contribution in [2.45, 2.75) is 19.9 Å². The van der Waals surface area contributed by atoms with Gasteiger partial charge in [0.25, 0.3) is 0 Å². The number of rotatable bonds is 2. The van der Waals surface area contributed by atoms with Gasteiger partial charge >= 0.3 is 0 Å². The van der Waals surface area contributed by atoms with E-state index in [1.165, 1.54) is 4.88 Å². The maximum Gasteiger partial charge on any atom is 0.219 e. The van der Waals surface area contributed by atoms with Crippen molar-refractivity contribution in [2.24, 2.45) is 5.41 Å². The molecule has 1 amide bonds. The van der Waals surface area contributed by atoms with Crippen molar-refractivity contribution in [1.29, 1.82) is 0 Å². The molecule has 2 aliphatic rings. The molecule has 1 aromatic heterocycles. The highest BCUT2D eigenvalue weighted by molar-refractivity contribution is 7.09. The van der Waals surface area contributed by atoms with Crippen LogP contribution in [0.4, 0.5) is 0 Å². The number of likely N-dealkylation sites (tertiary alicyclic amines) is 1. The SMILES string of the molecule is CC(=O)N1CCOC[C@]2(CCN(Cc3cccs3)C2)C1. The Balaban J connectivity index is 1.65. The summed E-state index contributed by atoms with van der Waals surface area (Å²) in [5.74, 6) is 0.173. The molecule has 0 aromatic carbocycles. The molecule has 2 fully saturated rings. The molecule has 0 aliphatic carbocycles. The number of hydrogen-bond donors (Lipinski definition) is 0. The number of amides is 1. The Morgan fingerprint density at radius 1 is 1.45 bits per heavy atom. The molecule has 1 spiro atoms. The van der Waals surface area contributed by atoms with E-state index in [4.69, 9.17) is 4.74 Å². The van der Waals surface area contributed by atoms with E-state index in [0.29, 0.717) is 6.61 Å². The lowest BCUT2D eigenvalue weighted by atomic mass is 9.87. The normalized spacial score (nSPS) is 27.9. The zero-order chi connectivity index (χ0) is 14.0. The van der Waals surface area contributed by atoms with Crippen LogP contribution in [0.5, 0.6) is 0 Å². The molecule has 0 N–H and O–H groups in total. The molecule has 4 nitrogen and oxygen atoms in total. The van der Waals surface area contributed by atoms with E-state index in [9.17, 15) is 4.79 Å². The standard InChI is InChI=1S/C15H22N2O2S/c1-13(18)17-6-7-19-12-15(11-17)4-5-16(10-15)9-14-3-2-8-20-14/h2-3,8H,4-7,9-12H2,1H3/t15-/m0/s1. The predicted molar refractivity (Wildman–Crippen MR) is 79.7 cm³/mol. The Morgan fingerprint density at radius 3 is 3.10 bits per heavy atom. The van der Waals surface area contributed by atoms with E-state index in [-0.39, 0.29) is 11.3 Å². The highest BCUT2D eigenvalue weighted by Crippen LogP contribution is 2.34. The summed E-state index contributed by atoms with van der Waals surface area (Å²) in [5, 5.41) is 2.13. The Kier molecular flexibility index (Phi) is 4.10. The van der Waals surface area contributed by atoms with Crippen LogP contribution in [0, 0.1) is 5.41 Å². The molecule has 2 saturated heterocycles. The first-order chi connectivity index (χ1) is 9.67. The second-order valence-corrected chi connectivity index (χ2v) is 7.07. The Bertz CT molecular complexity index is 462. The van der Waals surface area contributed by atoms with Gasteiger partial charge in [0.1, 0.15) is 0 Å². The number of nitrogens with zero attached hydrogens (tertiary/aromatic N) is 2. The van der Waals surface area contributed by atoms with Crippen LogP contribution in [0.25, 0.3) is 0 Å². The van der Waals surface area contributed by atoms with Crippen molar-refractivity contribution in [2.75, 3.05) is 39.4 Å². The van der Waals surface area contributed by atoms with E-state index < -0.39 is 0 Å². The van der Waals surface area contributed by atoms with E-state index in [2.05, 4.69) is 22.4 Å². The summed E-state index contributed by atoms with van der Waals surface area (Å²) in [5.41, 5.74) is 0.138. The first-order valence-electron chi connectivity index (χ1n) is 7.25. The predicted octanol–water partition coefficient (Wildman–Crippen LogP) is 1.82. The number of ether oxygens (including phenoxy) is 1. The molecule has 1 aromatic rings. The summed E-state index contributed by atoms with van der Waals surface area (Å²) in [6.45, 7) is 7.88. The summed E-state index contributed by atoms with van der Waals surface area (Å²) in [7, 11) is 0. The van der Waals surface area contributed by atoms with Crippen molar-refractivity contribution >= 4 is 17.2 Å². The molecular formula is C15H22N2O2S. The topological polar surface area (TPSA) is 32.8 Å². The highest BCUT2D eigenvalue weighted by atomic mass is 32.1. The minimum absolute atomic E-state index is 0.138. The Labute approximate surface area is 124 Å². The molecule has 3 heterocycles. The van der Waals surface area contributed by atoms with Crippen LogP contribution in [0.2, 0.25) is 0 Å². The summed E-state index contributed by atoms with van der Waals surface area (Å²) in [4.78, 5) is 17.6. The van der Waals surface area contributed by atoms with Gasteiger partial charge in [0.2, 0.25) is 5.91 Å². The molecule has 0 saturated carbocycles. The van der Waals surface area contributed by atoms with E-state index in [1.807, 2.05) is 16.2 Å². The summed E-state index contributed by atoms with van der Waals surface area (Å²) in [6.07, 6.45) is 1.13. The average Bonchev–Trinajstić information content (AvgIpc) is 2.99. The highest BCUT2D eigenvalue weighted by Gasteiger charge is 2.41. The molecule has 3 rings (SSSR count). The van der Waals surface area contributed by atoms with Crippen LogP contribution in [-0.2, 0) is 16.1 Å². The summed E-state index contributed by atoms with van der Waals surface area (Å²) >= 11 is 1.82. The van der Waals surface area contributed by atoms with Crippen LogP contribution in [0.15, 0.2) is 17.5 Å². The van der Waals surface area contributed by atoms with Crippen LogP contribution in [-0.4, -0.2) is 55.1 Å². The van der Waals surface area contributed by atoms with E-state index in [0.717, 1.165) is 45.8 Å². The zero-order valence-corrected chi connectivity index (χ0v) is 12.8. The van der Waals surface area contributed by atoms with Crippen molar-refractivity contribution in [3.8, 4) is 0 Å². The van der Waals surface area contributed by atoms with Crippen LogP contribution < -0.4 is 0 Å². The molecule has 0 bridgehead atoms. The second-order valence-electron chi connectivity index (χ2n) is 6.03. The molecule has 0 unspecified atom stereocenters. The molecule has 20 heavy (non-hydrogen) atoms. The number of hydrogen-bond acceptors (Lipinski definition) is 4. The van der Waals surface area contributed by atoms with Crippen molar-refractivity contribution in [3.63, 3.8) is 0 Å². The molecule has 0 radical (unpaired) electrons. The third-order valence-corrected chi connectivity index (χ3v) is 5.22. The van der Waals surface area contributed by atoms with Crippen LogP contribution in [0.3, 0.4) is 0 Å². The maximum absolute atomic E-state index is 11.7. The van der Waals surface area contributed by atoms with Crippen molar-refractivity contribution in [3.05, 3.63) is 22.4 Å². The first kappa shape index (κ1) is 14.0. The smallest absolute Gasteiger partial charge is 0.219 e. The fourth-order valence-electron chi connectivity index (χ4n) is 3.29. The second kappa shape index (κ2) is 5.84. The number of carbonyl (C=O) groups excluding carboxylic acids is 1. The molecule has 5 heteroatoms. The van der Waals surface area contributed by atoms with Gasteiger partial charge in [-0.2, -0.15) is 0 Å². The van der Waals surface area contributed by atoms with Crippen LogP contribution in [0.1, 0.15) is 18.2 Å². The molecule has 110 valence electrons. The van der Waals surface area contributed by atoms with Crippen molar-refractivity contribution in [1.82, 2.24) is 9.80 Å². The summed E-state index contributed by atoms with van der Waals surface area (Å²) < 4.78 is 5.78. The van der Waals surface area contributed by atoms with Gasteiger partial charge in [-0.25, -0.2) is 0 Å². The van der Waals surface area contributed by atoms with Gasteiger partial charge in [-0.3, -0.25) is 9.69 Å². The molecule has 2 aliphatic heterocycles. The van der Waals surface area contributed by atoms with Gasteiger partial charge in [0.15, 0.2) is 0 Å². The van der Waals surface area contributed by atoms with Gasteiger partial charge in [0, 0.05) is 43.4 Å². The number of thiophene rings is 1. The quantitative estimate of drug-likeness (QED) is 0.834. The van der Waals surface area contributed by atoms with E-state index >= 15 is 0 Å². The molecular weight excluding hydrogens is 272 g/mol. The monoisotopic (exact) mass is 294 g/mol. The Hall–Kier alpha value is -0.910. The first-order valence-corrected chi connectivity index (χ1v) is 8.13. The Morgan fingerprint density at radius 2 is 2.35 bits per heavy atom. The van der Waals surface area contributed by atoms with Gasteiger partial charge in [-0.1, -0.05) is 6.07 Å². The zero-order valence-electron chi connectivity index (χ0n) is 12.0. The third-order valence-electron chi connectivity index (χ3n) is 4.36. The van der Waals surface area contributed by atoms with Crippen LogP contribution >= 0.6 is 11.3 Å². The van der Waals surface area contributed by atoms with Gasteiger partial charge in [-0.05, 0) is 24.4 Å². The lowest BCUT2D eigenvalue weighted by Crippen LogP contribution is -2.42. The lowest BCUT2D eigenvalue weighted by Gasteiger charge is -2.31. The fraction of sp³-hybridized carbons (Fsp3) is 0.667.